The van der Waals surface area contributed by atoms with Crippen molar-refractivity contribution < 1.29 is 4.79 Å². The Kier molecular flexibility index (Phi) is 2.57. The molecule has 1 aromatic carbocycles. The van der Waals surface area contributed by atoms with E-state index < -0.39 is 0 Å². The van der Waals surface area contributed by atoms with Crippen LogP contribution >= 0.6 is 22.9 Å². The highest BCUT2D eigenvalue weighted by atomic mass is 35.5. The van der Waals surface area contributed by atoms with Gasteiger partial charge in [-0.25, -0.2) is 0 Å². The molecule has 0 N–H and O–H groups in total. The van der Waals surface area contributed by atoms with Crippen molar-refractivity contribution >= 4 is 39.3 Å². The summed E-state index contributed by atoms with van der Waals surface area (Å²) in [4.78, 5) is 11.9. The first kappa shape index (κ1) is 9.69. The van der Waals surface area contributed by atoms with Crippen LogP contribution in [0.1, 0.15) is 22.2 Å². The average Bonchev–Trinajstić information content (AvgIpc) is 2.55. The lowest BCUT2D eigenvalue weighted by molar-refractivity contribution is 0.112. The third kappa shape index (κ3) is 1.35. The molecule has 0 bridgehead atoms. The number of aryl methyl sites for hydroxylation is 1. The summed E-state index contributed by atoms with van der Waals surface area (Å²) in [6, 6.07) is 5.64. The van der Waals surface area contributed by atoms with Crippen LogP contribution < -0.4 is 0 Å². The van der Waals surface area contributed by atoms with E-state index in [1.54, 1.807) is 11.3 Å². The minimum Gasteiger partial charge on any atom is -0.298 e. The van der Waals surface area contributed by atoms with Crippen LogP contribution in [0.2, 0.25) is 5.02 Å². The molecule has 1 heterocycles. The van der Waals surface area contributed by atoms with Gasteiger partial charge in [0.15, 0.2) is 6.29 Å². The molecule has 0 saturated carbocycles. The molecule has 1 nitrogen and oxygen atoms in total. The number of halogens is 1. The summed E-state index contributed by atoms with van der Waals surface area (Å²) in [5.41, 5.74) is 0.731. The highest BCUT2D eigenvalue weighted by Crippen LogP contribution is 2.36. The van der Waals surface area contributed by atoms with Gasteiger partial charge in [0.05, 0.1) is 5.02 Å². The molecule has 0 radical (unpaired) electrons. The Morgan fingerprint density at radius 1 is 1.50 bits per heavy atom. The lowest BCUT2D eigenvalue weighted by Gasteiger charge is -1.92. The Balaban J connectivity index is 2.83. The smallest absolute Gasteiger partial charge is 0.151 e. The van der Waals surface area contributed by atoms with Crippen molar-refractivity contribution in [3.05, 3.63) is 33.7 Å². The maximum atomic E-state index is 10.8. The molecule has 2 rings (SSSR count). The number of aldehydes is 1. The van der Waals surface area contributed by atoms with Gasteiger partial charge in [-0.05, 0) is 6.42 Å². The van der Waals surface area contributed by atoms with Gasteiger partial charge in [0, 0.05) is 20.5 Å². The van der Waals surface area contributed by atoms with Crippen molar-refractivity contribution in [2.45, 2.75) is 13.3 Å². The van der Waals surface area contributed by atoms with Gasteiger partial charge in [0.1, 0.15) is 0 Å². The van der Waals surface area contributed by atoms with E-state index in [-0.39, 0.29) is 0 Å². The minimum absolute atomic E-state index is 0.731. The summed E-state index contributed by atoms with van der Waals surface area (Å²) >= 11 is 7.79. The second-order valence-corrected chi connectivity index (χ2v) is 4.52. The molecule has 0 spiro atoms. The fraction of sp³-hybridized carbons (Fsp3) is 0.182. The molecule has 0 aliphatic heterocycles. The third-order valence-electron chi connectivity index (χ3n) is 2.20. The van der Waals surface area contributed by atoms with Crippen LogP contribution in [0.4, 0.5) is 0 Å². The van der Waals surface area contributed by atoms with Gasteiger partial charge in [0.25, 0.3) is 0 Å². The monoisotopic (exact) mass is 224 g/mol. The van der Waals surface area contributed by atoms with E-state index in [1.165, 1.54) is 0 Å². The molecular weight excluding hydrogens is 216 g/mol. The van der Waals surface area contributed by atoms with Crippen molar-refractivity contribution in [3.63, 3.8) is 0 Å². The normalized spacial score (nSPS) is 10.7. The van der Waals surface area contributed by atoms with Gasteiger partial charge in [-0.15, -0.1) is 11.3 Å². The van der Waals surface area contributed by atoms with Crippen LogP contribution in [0.25, 0.3) is 10.1 Å². The lowest BCUT2D eigenvalue weighted by Crippen LogP contribution is -1.77. The Morgan fingerprint density at radius 2 is 2.29 bits per heavy atom. The van der Waals surface area contributed by atoms with E-state index in [4.69, 9.17) is 11.6 Å². The molecular formula is C11H9ClOS. The van der Waals surface area contributed by atoms with Gasteiger partial charge in [-0.1, -0.05) is 36.7 Å². The summed E-state index contributed by atoms with van der Waals surface area (Å²) in [5, 5.41) is 1.80. The Morgan fingerprint density at radius 3 is 2.93 bits per heavy atom. The zero-order valence-corrected chi connectivity index (χ0v) is 9.28. The highest BCUT2D eigenvalue weighted by molar-refractivity contribution is 7.20. The molecule has 0 amide bonds. The fourth-order valence-electron chi connectivity index (χ4n) is 1.48. The number of hydrogen-bond acceptors (Lipinski definition) is 2. The van der Waals surface area contributed by atoms with Crippen molar-refractivity contribution in [2.75, 3.05) is 0 Å². The van der Waals surface area contributed by atoms with Crippen molar-refractivity contribution in [1.82, 2.24) is 0 Å². The summed E-state index contributed by atoms with van der Waals surface area (Å²) in [6.45, 7) is 2.07. The van der Waals surface area contributed by atoms with Crippen molar-refractivity contribution in [1.29, 1.82) is 0 Å². The summed E-state index contributed by atoms with van der Waals surface area (Å²) < 4.78 is 1.00. The molecule has 2 aromatic rings. The molecule has 14 heavy (non-hydrogen) atoms. The largest absolute Gasteiger partial charge is 0.298 e. The van der Waals surface area contributed by atoms with E-state index in [2.05, 4.69) is 6.92 Å². The van der Waals surface area contributed by atoms with Crippen molar-refractivity contribution in [3.8, 4) is 0 Å². The second-order valence-electron chi connectivity index (χ2n) is 3.03. The van der Waals surface area contributed by atoms with Crippen molar-refractivity contribution in [2.24, 2.45) is 0 Å². The first-order chi connectivity index (χ1) is 6.77. The number of fused-ring (bicyclic) bond motifs is 1. The molecule has 0 aliphatic carbocycles. The highest BCUT2D eigenvalue weighted by Gasteiger charge is 2.10. The topological polar surface area (TPSA) is 17.1 Å². The average molecular weight is 225 g/mol. The number of rotatable bonds is 2. The molecule has 0 aliphatic rings. The van der Waals surface area contributed by atoms with Crippen LogP contribution in [0.5, 0.6) is 0 Å². The van der Waals surface area contributed by atoms with Crippen LogP contribution in [0.15, 0.2) is 18.2 Å². The number of thiophene rings is 1. The van der Waals surface area contributed by atoms with E-state index >= 15 is 0 Å². The van der Waals surface area contributed by atoms with Crippen LogP contribution in [-0.4, -0.2) is 6.29 Å². The maximum Gasteiger partial charge on any atom is 0.151 e. The maximum absolute atomic E-state index is 10.8. The number of carbonyl (C=O) groups excluding carboxylic acids is 1. The minimum atomic E-state index is 0.731. The third-order valence-corrected chi connectivity index (χ3v) is 4.14. The van der Waals surface area contributed by atoms with Gasteiger partial charge in [-0.2, -0.15) is 0 Å². The predicted molar refractivity (Wildman–Crippen MR) is 61.6 cm³/mol. The fourth-order valence-corrected chi connectivity index (χ4v) is 3.05. The number of carbonyl (C=O) groups is 1. The van der Waals surface area contributed by atoms with E-state index in [1.807, 2.05) is 18.2 Å². The number of hydrogen-bond donors (Lipinski definition) is 0. The molecule has 0 fully saturated rings. The Hall–Kier alpha value is -0.860. The number of benzene rings is 1. The summed E-state index contributed by atoms with van der Waals surface area (Å²) in [5.74, 6) is 0. The lowest BCUT2D eigenvalue weighted by atomic mass is 10.2. The molecule has 0 unspecified atom stereocenters. The predicted octanol–water partition coefficient (Wildman–Crippen LogP) is 3.93. The first-order valence-corrected chi connectivity index (χ1v) is 5.62. The zero-order valence-electron chi connectivity index (χ0n) is 7.71. The van der Waals surface area contributed by atoms with Gasteiger partial charge in [-0.3, -0.25) is 4.79 Å². The molecule has 3 heteroatoms. The zero-order chi connectivity index (χ0) is 10.1. The Bertz CT molecular complexity index is 487. The molecule has 72 valence electrons. The second kappa shape index (κ2) is 3.71. The molecule has 0 atom stereocenters. The van der Waals surface area contributed by atoms with Crippen LogP contribution in [0.3, 0.4) is 0 Å². The van der Waals surface area contributed by atoms with Crippen LogP contribution in [0, 0.1) is 0 Å². The van der Waals surface area contributed by atoms with Gasteiger partial charge < -0.3 is 0 Å². The van der Waals surface area contributed by atoms with Gasteiger partial charge >= 0.3 is 0 Å². The SMILES string of the molecule is CCc1sc2c(C=O)cccc2c1Cl. The van der Waals surface area contributed by atoms with E-state index in [9.17, 15) is 4.79 Å². The van der Waals surface area contributed by atoms with Crippen LogP contribution in [-0.2, 0) is 6.42 Å². The van der Waals surface area contributed by atoms with E-state index in [0.29, 0.717) is 0 Å². The molecule has 1 aromatic heterocycles. The quantitative estimate of drug-likeness (QED) is 0.707. The Labute approximate surface area is 91.3 Å². The summed E-state index contributed by atoms with van der Waals surface area (Å²) in [7, 11) is 0. The van der Waals surface area contributed by atoms with Gasteiger partial charge in [0.2, 0.25) is 0 Å². The standard InChI is InChI=1S/C11H9ClOS/c1-2-9-10(12)8-5-3-4-7(6-13)11(8)14-9/h3-6H,2H2,1H3. The summed E-state index contributed by atoms with van der Waals surface area (Å²) in [6.07, 6.45) is 1.80. The van der Waals surface area contributed by atoms with E-state index in [0.717, 1.165) is 38.3 Å². The molecule has 0 saturated heterocycles. The first-order valence-electron chi connectivity index (χ1n) is 4.43.